The molecule has 0 saturated heterocycles. The van der Waals surface area contributed by atoms with Crippen LogP contribution in [0.25, 0.3) is 10.9 Å². The fourth-order valence-corrected chi connectivity index (χ4v) is 3.28. The quantitative estimate of drug-likeness (QED) is 0.867. The molecule has 2 heterocycles. The Morgan fingerprint density at radius 1 is 1.35 bits per heavy atom. The minimum Gasteiger partial charge on any atom is -0.477 e. The summed E-state index contributed by atoms with van der Waals surface area (Å²) in [7, 11) is 0. The van der Waals surface area contributed by atoms with Gasteiger partial charge in [0.2, 0.25) is 5.43 Å². The number of rotatable bonds is 1. The molecule has 0 aliphatic carbocycles. The lowest BCUT2D eigenvalue weighted by molar-refractivity contribution is 0.0694. The lowest BCUT2D eigenvalue weighted by atomic mass is 9.90. The first-order chi connectivity index (χ1) is 9.41. The van der Waals surface area contributed by atoms with Crippen molar-refractivity contribution >= 4 is 16.9 Å². The van der Waals surface area contributed by atoms with Gasteiger partial charge >= 0.3 is 5.97 Å². The van der Waals surface area contributed by atoms with Gasteiger partial charge < -0.3 is 9.67 Å². The molecule has 1 unspecified atom stereocenters. The number of carbonyl (C=O) groups is 1. The zero-order chi connectivity index (χ0) is 14.6. The predicted molar refractivity (Wildman–Crippen MR) is 77.7 cm³/mol. The van der Waals surface area contributed by atoms with Gasteiger partial charge in [0, 0.05) is 17.6 Å². The first-order valence-corrected chi connectivity index (χ1v) is 6.83. The van der Waals surface area contributed by atoms with Crippen molar-refractivity contribution in [3.8, 4) is 0 Å². The van der Waals surface area contributed by atoms with Gasteiger partial charge in [0.15, 0.2) is 0 Å². The van der Waals surface area contributed by atoms with E-state index in [0.717, 1.165) is 23.9 Å². The highest BCUT2D eigenvalue weighted by Crippen LogP contribution is 2.33. The Balaban J connectivity index is 2.60. The Labute approximate surface area is 116 Å². The van der Waals surface area contributed by atoms with Gasteiger partial charge in [-0.3, -0.25) is 4.79 Å². The normalized spacial score (nSPS) is 17.4. The van der Waals surface area contributed by atoms with Gasteiger partial charge in [-0.1, -0.05) is 6.07 Å². The second kappa shape index (κ2) is 4.20. The van der Waals surface area contributed by atoms with Gasteiger partial charge in [0.25, 0.3) is 0 Å². The highest BCUT2D eigenvalue weighted by molar-refractivity contribution is 5.95. The van der Waals surface area contributed by atoms with E-state index >= 15 is 0 Å². The average molecular weight is 271 g/mol. The molecule has 2 aromatic rings. The molecule has 1 aliphatic heterocycles. The van der Waals surface area contributed by atoms with Crippen LogP contribution in [0.2, 0.25) is 0 Å². The summed E-state index contributed by atoms with van der Waals surface area (Å²) in [6.07, 6.45) is 3.42. The van der Waals surface area contributed by atoms with Crippen molar-refractivity contribution in [2.24, 2.45) is 0 Å². The SMILES string of the molecule is Cc1cc(C)c2c(=O)c(C(=O)O)cn3c2c1CCC3C. The summed E-state index contributed by atoms with van der Waals surface area (Å²) in [6, 6.07) is 2.20. The van der Waals surface area contributed by atoms with Crippen molar-refractivity contribution < 1.29 is 9.90 Å². The first-order valence-electron chi connectivity index (χ1n) is 6.83. The molecule has 0 spiro atoms. The lowest BCUT2D eigenvalue weighted by Crippen LogP contribution is -2.24. The van der Waals surface area contributed by atoms with Crippen molar-refractivity contribution in [2.75, 3.05) is 0 Å². The molecule has 0 radical (unpaired) electrons. The molecule has 0 saturated carbocycles. The average Bonchev–Trinajstić information content (AvgIpc) is 2.36. The van der Waals surface area contributed by atoms with Gasteiger partial charge in [-0.05, 0) is 50.3 Å². The molecule has 0 bridgehead atoms. The second-order valence-corrected chi connectivity index (χ2v) is 5.68. The van der Waals surface area contributed by atoms with E-state index < -0.39 is 5.97 Å². The minimum absolute atomic E-state index is 0.135. The van der Waals surface area contributed by atoms with Gasteiger partial charge in [-0.15, -0.1) is 0 Å². The second-order valence-electron chi connectivity index (χ2n) is 5.68. The van der Waals surface area contributed by atoms with Crippen LogP contribution in [-0.4, -0.2) is 15.6 Å². The Morgan fingerprint density at radius 3 is 2.70 bits per heavy atom. The van der Waals surface area contributed by atoms with Crippen LogP contribution in [0.15, 0.2) is 17.1 Å². The first kappa shape index (κ1) is 12.9. The molecule has 4 nitrogen and oxygen atoms in total. The number of benzene rings is 1. The van der Waals surface area contributed by atoms with Crippen LogP contribution in [0, 0.1) is 13.8 Å². The molecule has 104 valence electrons. The fourth-order valence-electron chi connectivity index (χ4n) is 3.28. The van der Waals surface area contributed by atoms with Crippen LogP contribution >= 0.6 is 0 Å². The molecule has 1 aromatic carbocycles. The van der Waals surface area contributed by atoms with E-state index in [-0.39, 0.29) is 17.0 Å². The Morgan fingerprint density at radius 2 is 2.05 bits per heavy atom. The monoisotopic (exact) mass is 271 g/mol. The largest absolute Gasteiger partial charge is 0.477 e. The summed E-state index contributed by atoms with van der Waals surface area (Å²) < 4.78 is 1.97. The number of aromatic carboxylic acids is 1. The number of carboxylic acid groups (broad SMARTS) is 1. The molecule has 1 aromatic heterocycles. The van der Waals surface area contributed by atoms with Crippen molar-refractivity contribution in [1.29, 1.82) is 0 Å². The Kier molecular flexibility index (Phi) is 2.71. The third kappa shape index (κ3) is 1.60. The number of aromatic nitrogens is 1. The molecule has 3 rings (SSSR count). The van der Waals surface area contributed by atoms with Crippen LogP contribution in [0.3, 0.4) is 0 Å². The Bertz CT molecular complexity index is 802. The number of aryl methyl sites for hydroxylation is 3. The third-order valence-electron chi connectivity index (χ3n) is 4.34. The van der Waals surface area contributed by atoms with Crippen molar-refractivity contribution in [3.63, 3.8) is 0 Å². The van der Waals surface area contributed by atoms with E-state index in [0.29, 0.717) is 5.39 Å². The summed E-state index contributed by atoms with van der Waals surface area (Å²) in [6.45, 7) is 6.00. The smallest absolute Gasteiger partial charge is 0.341 e. The summed E-state index contributed by atoms with van der Waals surface area (Å²) >= 11 is 0. The van der Waals surface area contributed by atoms with Gasteiger partial charge in [0.05, 0.1) is 5.52 Å². The van der Waals surface area contributed by atoms with Crippen LogP contribution in [0.4, 0.5) is 0 Å². The highest BCUT2D eigenvalue weighted by Gasteiger charge is 2.24. The number of pyridine rings is 1. The lowest BCUT2D eigenvalue weighted by Gasteiger charge is -2.28. The zero-order valence-corrected chi connectivity index (χ0v) is 11.9. The van der Waals surface area contributed by atoms with Gasteiger partial charge in [0.1, 0.15) is 5.56 Å². The topological polar surface area (TPSA) is 59.3 Å². The summed E-state index contributed by atoms with van der Waals surface area (Å²) in [5.74, 6) is -1.15. The molecule has 0 amide bonds. The van der Waals surface area contributed by atoms with E-state index in [9.17, 15) is 14.7 Å². The molecule has 1 aliphatic rings. The van der Waals surface area contributed by atoms with Gasteiger partial charge in [-0.25, -0.2) is 4.79 Å². The fraction of sp³-hybridized carbons (Fsp3) is 0.375. The van der Waals surface area contributed by atoms with Crippen LogP contribution < -0.4 is 5.43 Å². The maximum atomic E-state index is 12.5. The number of carboxylic acids is 1. The van der Waals surface area contributed by atoms with E-state index in [2.05, 4.69) is 13.8 Å². The molecule has 4 heteroatoms. The standard InChI is InChI=1S/C16H17NO3/c1-8-6-9(2)13-14-11(8)5-4-10(3)17(14)7-12(15(13)18)16(19)20/h6-7,10H,4-5H2,1-3H3,(H,19,20). The summed E-state index contributed by atoms with van der Waals surface area (Å²) in [5, 5.41) is 9.82. The van der Waals surface area contributed by atoms with E-state index in [1.165, 1.54) is 17.3 Å². The van der Waals surface area contributed by atoms with Crippen LogP contribution in [0.5, 0.6) is 0 Å². The molecule has 1 N–H and O–H groups in total. The van der Waals surface area contributed by atoms with Crippen molar-refractivity contribution in [1.82, 2.24) is 4.57 Å². The molecule has 1 atom stereocenters. The van der Waals surface area contributed by atoms with E-state index in [1.807, 2.05) is 17.6 Å². The number of hydrogen-bond donors (Lipinski definition) is 1. The predicted octanol–water partition coefficient (Wildman–Crippen LogP) is 2.82. The maximum absolute atomic E-state index is 12.5. The van der Waals surface area contributed by atoms with Crippen molar-refractivity contribution in [3.05, 3.63) is 44.7 Å². The van der Waals surface area contributed by atoms with E-state index in [1.54, 1.807) is 0 Å². The number of nitrogens with zero attached hydrogens (tertiary/aromatic N) is 1. The molecular formula is C16H17NO3. The summed E-state index contributed by atoms with van der Waals surface area (Å²) in [4.78, 5) is 23.8. The summed E-state index contributed by atoms with van der Waals surface area (Å²) in [5.41, 5.74) is 3.64. The molecule has 20 heavy (non-hydrogen) atoms. The number of hydrogen-bond acceptors (Lipinski definition) is 2. The Hall–Kier alpha value is -2.10. The zero-order valence-electron chi connectivity index (χ0n) is 11.9. The molecular weight excluding hydrogens is 254 g/mol. The minimum atomic E-state index is -1.15. The maximum Gasteiger partial charge on any atom is 0.341 e. The van der Waals surface area contributed by atoms with Crippen LogP contribution in [-0.2, 0) is 6.42 Å². The molecule has 0 fully saturated rings. The van der Waals surface area contributed by atoms with Crippen molar-refractivity contribution in [2.45, 2.75) is 39.7 Å². The highest BCUT2D eigenvalue weighted by atomic mass is 16.4. The van der Waals surface area contributed by atoms with Crippen LogP contribution in [0.1, 0.15) is 46.4 Å². The van der Waals surface area contributed by atoms with E-state index in [4.69, 9.17) is 0 Å². The van der Waals surface area contributed by atoms with Gasteiger partial charge in [-0.2, -0.15) is 0 Å². The third-order valence-corrected chi connectivity index (χ3v) is 4.34.